The molecule has 0 radical (unpaired) electrons. The van der Waals surface area contributed by atoms with Gasteiger partial charge in [-0.25, -0.2) is 4.57 Å². The molecule has 0 aromatic heterocycles. The highest BCUT2D eigenvalue weighted by Gasteiger charge is 2.26. The molecule has 3 N–H and O–H groups in total. The molecule has 0 heterocycles. The first-order valence-corrected chi connectivity index (χ1v) is 23.2. The Labute approximate surface area is 319 Å². The number of hydrogen-bond donors (Lipinski definition) is 2. The van der Waals surface area contributed by atoms with Crippen LogP contribution >= 0.6 is 7.82 Å². The van der Waals surface area contributed by atoms with E-state index in [1.807, 2.05) is 0 Å². The summed E-state index contributed by atoms with van der Waals surface area (Å²) in [5.41, 5.74) is 5.34. The molecule has 0 aliphatic rings. The lowest BCUT2D eigenvalue weighted by Crippen LogP contribution is -2.29. The minimum Gasteiger partial charge on any atom is -0.462 e. The van der Waals surface area contributed by atoms with Gasteiger partial charge in [0.2, 0.25) is 0 Å². The predicted molar refractivity (Wildman–Crippen MR) is 215 cm³/mol. The van der Waals surface area contributed by atoms with Gasteiger partial charge in [-0.3, -0.25) is 18.6 Å². The lowest BCUT2D eigenvalue weighted by Gasteiger charge is -2.19. The standard InChI is InChI=1S/C42H82NO8P/c1-3-5-7-9-11-13-15-17-18-19-20-21-22-23-25-27-29-31-33-35-42(45)51-40(39-50-52(46,47)49-37-36-43)38-48-41(44)34-32-30-28-26-24-16-14-12-10-8-6-4-2/h17-18,40H,3-16,19-39,43H2,1-2H3,(H,46,47)/t40-/m1/s1. The maximum atomic E-state index is 12.6. The van der Waals surface area contributed by atoms with Crippen molar-refractivity contribution in [2.24, 2.45) is 5.73 Å². The highest BCUT2D eigenvalue weighted by Crippen LogP contribution is 2.43. The third-order valence-electron chi connectivity index (χ3n) is 9.40. The van der Waals surface area contributed by atoms with Gasteiger partial charge < -0.3 is 20.1 Å². The maximum absolute atomic E-state index is 12.6. The molecule has 0 bridgehead atoms. The molecular weight excluding hydrogens is 677 g/mol. The van der Waals surface area contributed by atoms with Crippen molar-refractivity contribution in [1.82, 2.24) is 0 Å². The smallest absolute Gasteiger partial charge is 0.462 e. The van der Waals surface area contributed by atoms with Crippen LogP contribution < -0.4 is 5.73 Å². The minimum absolute atomic E-state index is 0.0559. The van der Waals surface area contributed by atoms with E-state index in [9.17, 15) is 19.0 Å². The van der Waals surface area contributed by atoms with Crippen LogP contribution in [0, 0.1) is 0 Å². The van der Waals surface area contributed by atoms with Crippen molar-refractivity contribution in [3.63, 3.8) is 0 Å². The molecule has 52 heavy (non-hydrogen) atoms. The lowest BCUT2D eigenvalue weighted by atomic mass is 10.0. The van der Waals surface area contributed by atoms with E-state index >= 15 is 0 Å². The van der Waals surface area contributed by atoms with Gasteiger partial charge >= 0.3 is 19.8 Å². The molecule has 0 aromatic carbocycles. The third kappa shape index (κ3) is 38.5. The summed E-state index contributed by atoms with van der Waals surface area (Å²) in [6.45, 7) is 3.74. The highest BCUT2D eigenvalue weighted by atomic mass is 31.2. The normalized spacial score (nSPS) is 13.4. The Morgan fingerprint density at radius 1 is 0.558 bits per heavy atom. The number of carbonyl (C=O) groups excluding carboxylic acids is 2. The molecule has 1 unspecified atom stereocenters. The van der Waals surface area contributed by atoms with Crippen LogP contribution in [0.15, 0.2) is 12.2 Å². The molecular formula is C42H82NO8P. The molecule has 2 atom stereocenters. The molecule has 0 aliphatic heterocycles. The Balaban J connectivity index is 4.10. The number of phosphoric ester groups is 1. The van der Waals surface area contributed by atoms with Gasteiger partial charge in [0.25, 0.3) is 0 Å². The fourth-order valence-corrected chi connectivity index (χ4v) is 6.92. The molecule has 0 rings (SSSR count). The molecule has 0 saturated heterocycles. The number of esters is 2. The van der Waals surface area contributed by atoms with Crippen LogP contribution in [0.4, 0.5) is 0 Å². The summed E-state index contributed by atoms with van der Waals surface area (Å²) in [5.74, 6) is -0.822. The van der Waals surface area contributed by atoms with Crippen LogP contribution in [0.1, 0.15) is 213 Å². The van der Waals surface area contributed by atoms with Crippen LogP contribution in [0.2, 0.25) is 0 Å². The molecule has 9 nitrogen and oxygen atoms in total. The van der Waals surface area contributed by atoms with Crippen molar-refractivity contribution in [3.05, 3.63) is 12.2 Å². The van der Waals surface area contributed by atoms with E-state index in [-0.39, 0.29) is 38.6 Å². The monoisotopic (exact) mass is 760 g/mol. The fraction of sp³-hybridized carbons (Fsp3) is 0.905. The topological polar surface area (TPSA) is 134 Å². The second-order valence-corrected chi connectivity index (χ2v) is 16.0. The summed E-state index contributed by atoms with van der Waals surface area (Å²) in [5, 5.41) is 0. The lowest BCUT2D eigenvalue weighted by molar-refractivity contribution is -0.161. The van der Waals surface area contributed by atoms with Crippen molar-refractivity contribution >= 4 is 19.8 Å². The Kier molecular flexibility index (Phi) is 38.5. The first kappa shape index (κ1) is 50.8. The number of unbranched alkanes of at least 4 members (excludes halogenated alkanes) is 26. The Hall–Kier alpha value is -1.25. The van der Waals surface area contributed by atoms with Crippen LogP contribution in [-0.4, -0.2) is 49.3 Å². The first-order valence-electron chi connectivity index (χ1n) is 21.7. The molecule has 10 heteroatoms. The van der Waals surface area contributed by atoms with Crippen molar-refractivity contribution < 1.29 is 37.6 Å². The van der Waals surface area contributed by atoms with Gasteiger partial charge in [0.05, 0.1) is 13.2 Å². The molecule has 0 spiro atoms. The Morgan fingerprint density at radius 2 is 0.942 bits per heavy atom. The van der Waals surface area contributed by atoms with E-state index < -0.39 is 26.5 Å². The molecule has 0 aromatic rings. The largest absolute Gasteiger partial charge is 0.472 e. The van der Waals surface area contributed by atoms with E-state index in [1.54, 1.807) is 0 Å². The quantitative estimate of drug-likeness (QED) is 0.0270. The van der Waals surface area contributed by atoms with Crippen LogP contribution in [0.5, 0.6) is 0 Å². The van der Waals surface area contributed by atoms with E-state index in [0.717, 1.165) is 38.5 Å². The van der Waals surface area contributed by atoms with Gasteiger partial charge in [0.1, 0.15) is 6.61 Å². The number of rotatable bonds is 41. The second kappa shape index (κ2) is 39.4. The maximum Gasteiger partial charge on any atom is 0.472 e. The zero-order valence-electron chi connectivity index (χ0n) is 33.8. The SMILES string of the molecule is CCCCCCCCC=CCCCCCCCCCCCC(=O)O[C@H](COC(=O)CCCCCCCCCCCCCC)COP(=O)(O)OCCN. The van der Waals surface area contributed by atoms with E-state index in [0.29, 0.717) is 6.42 Å². The Bertz CT molecular complexity index is 871. The van der Waals surface area contributed by atoms with Crippen LogP contribution in [-0.2, 0) is 32.7 Å². The van der Waals surface area contributed by atoms with Gasteiger partial charge in [-0.15, -0.1) is 0 Å². The van der Waals surface area contributed by atoms with Crippen molar-refractivity contribution in [2.75, 3.05) is 26.4 Å². The van der Waals surface area contributed by atoms with Crippen molar-refractivity contribution in [1.29, 1.82) is 0 Å². The van der Waals surface area contributed by atoms with Crippen molar-refractivity contribution in [3.8, 4) is 0 Å². The van der Waals surface area contributed by atoms with Gasteiger partial charge in [-0.2, -0.15) is 0 Å². The summed E-state index contributed by atoms with van der Waals surface area (Å²) in [6.07, 6.45) is 39.5. The number of allylic oxidation sites excluding steroid dienone is 2. The molecule has 0 saturated carbocycles. The van der Waals surface area contributed by atoms with E-state index in [2.05, 4.69) is 26.0 Å². The summed E-state index contributed by atoms with van der Waals surface area (Å²) in [4.78, 5) is 34.8. The summed E-state index contributed by atoms with van der Waals surface area (Å²) < 4.78 is 32.7. The fourth-order valence-electron chi connectivity index (χ4n) is 6.16. The molecule has 0 aliphatic carbocycles. The zero-order valence-corrected chi connectivity index (χ0v) is 34.7. The first-order chi connectivity index (χ1) is 25.3. The van der Waals surface area contributed by atoms with Gasteiger partial charge in [0.15, 0.2) is 6.10 Å². The molecule has 308 valence electrons. The minimum atomic E-state index is -4.37. The second-order valence-electron chi connectivity index (χ2n) is 14.6. The zero-order chi connectivity index (χ0) is 38.2. The number of hydrogen-bond acceptors (Lipinski definition) is 8. The summed E-state index contributed by atoms with van der Waals surface area (Å²) >= 11 is 0. The number of carbonyl (C=O) groups is 2. The summed E-state index contributed by atoms with van der Waals surface area (Å²) in [6, 6.07) is 0. The van der Waals surface area contributed by atoms with Gasteiger partial charge in [0, 0.05) is 19.4 Å². The van der Waals surface area contributed by atoms with Crippen LogP contribution in [0.25, 0.3) is 0 Å². The van der Waals surface area contributed by atoms with Gasteiger partial charge in [-0.05, 0) is 38.5 Å². The van der Waals surface area contributed by atoms with Crippen molar-refractivity contribution in [2.45, 2.75) is 219 Å². The number of ether oxygens (including phenoxy) is 2. The molecule has 0 fully saturated rings. The Morgan fingerprint density at radius 3 is 1.37 bits per heavy atom. The third-order valence-corrected chi connectivity index (χ3v) is 10.4. The number of nitrogens with two attached hydrogens (primary N) is 1. The predicted octanol–water partition coefficient (Wildman–Crippen LogP) is 12.2. The average Bonchev–Trinajstić information content (AvgIpc) is 3.13. The number of phosphoric acid groups is 1. The van der Waals surface area contributed by atoms with Crippen LogP contribution in [0.3, 0.4) is 0 Å². The van der Waals surface area contributed by atoms with E-state index in [4.69, 9.17) is 24.3 Å². The van der Waals surface area contributed by atoms with E-state index in [1.165, 1.54) is 141 Å². The average molecular weight is 760 g/mol. The highest BCUT2D eigenvalue weighted by molar-refractivity contribution is 7.47. The molecule has 0 amide bonds. The van der Waals surface area contributed by atoms with Gasteiger partial charge in [-0.1, -0.05) is 174 Å². The summed E-state index contributed by atoms with van der Waals surface area (Å²) in [7, 11) is -4.37.